The molecule has 2 N–H and O–H groups in total. The third-order valence-electron chi connectivity index (χ3n) is 4.27. The van der Waals surface area contributed by atoms with E-state index in [9.17, 15) is 9.59 Å². The van der Waals surface area contributed by atoms with Crippen LogP contribution < -0.4 is 20.1 Å². The molecule has 0 aromatic heterocycles. The first-order valence-electron chi connectivity index (χ1n) is 8.06. The maximum Gasteiger partial charge on any atom is 0.321 e. The lowest BCUT2D eigenvalue weighted by Gasteiger charge is -2.26. The molecule has 0 unspecified atom stereocenters. The Morgan fingerprint density at radius 3 is 2.75 bits per heavy atom. The minimum atomic E-state index is -0.479. The van der Waals surface area contributed by atoms with Crippen molar-refractivity contribution in [1.82, 2.24) is 15.5 Å². The van der Waals surface area contributed by atoms with Gasteiger partial charge >= 0.3 is 6.03 Å². The van der Waals surface area contributed by atoms with Gasteiger partial charge in [-0.1, -0.05) is 0 Å². The molecule has 7 nitrogen and oxygen atoms in total. The molecule has 0 spiro atoms. The van der Waals surface area contributed by atoms with Gasteiger partial charge in [0.25, 0.3) is 0 Å². The van der Waals surface area contributed by atoms with E-state index in [1.54, 1.807) is 14.2 Å². The van der Waals surface area contributed by atoms with Crippen molar-refractivity contribution >= 4 is 11.9 Å². The molecule has 7 heteroatoms. The summed E-state index contributed by atoms with van der Waals surface area (Å²) >= 11 is 0. The van der Waals surface area contributed by atoms with Crippen LogP contribution in [0.25, 0.3) is 0 Å². The number of rotatable bonds is 6. The molecule has 3 amide bonds. The Balaban J connectivity index is 2.05. The van der Waals surface area contributed by atoms with Gasteiger partial charge in [0.05, 0.1) is 14.2 Å². The fraction of sp³-hybridized carbons (Fsp3) is 0.529. The van der Waals surface area contributed by atoms with Gasteiger partial charge in [-0.15, -0.1) is 0 Å². The van der Waals surface area contributed by atoms with E-state index in [0.717, 1.165) is 36.4 Å². The zero-order valence-electron chi connectivity index (χ0n) is 14.4. The molecule has 1 fully saturated rings. The zero-order chi connectivity index (χ0) is 17.5. The molecule has 1 atom stereocenters. The van der Waals surface area contributed by atoms with Gasteiger partial charge < -0.3 is 14.8 Å². The Morgan fingerprint density at radius 2 is 2.08 bits per heavy atom. The lowest BCUT2D eigenvalue weighted by molar-refractivity contribution is -0.120. The summed E-state index contributed by atoms with van der Waals surface area (Å²) < 4.78 is 10.8. The van der Waals surface area contributed by atoms with Crippen LogP contribution in [0.2, 0.25) is 0 Å². The summed E-state index contributed by atoms with van der Waals surface area (Å²) in [7, 11) is 4.77. The molecule has 1 heterocycles. The van der Waals surface area contributed by atoms with Crippen LogP contribution in [-0.2, 0) is 4.79 Å². The number of amides is 3. The number of methoxy groups -OCH3 is 2. The molecule has 2 rings (SSSR count). The topological polar surface area (TPSA) is 79.9 Å². The van der Waals surface area contributed by atoms with Crippen LogP contribution in [-0.4, -0.2) is 51.2 Å². The Bertz CT molecular complexity index is 591. The van der Waals surface area contributed by atoms with Crippen molar-refractivity contribution in [2.75, 3.05) is 34.4 Å². The summed E-state index contributed by atoms with van der Waals surface area (Å²) in [6.45, 7) is 1.51. The van der Waals surface area contributed by atoms with Gasteiger partial charge in [0, 0.05) is 31.6 Å². The minimum absolute atomic E-state index is 0.183. The highest BCUT2D eigenvalue weighted by molar-refractivity contribution is 5.94. The molecule has 1 aromatic carbocycles. The molecule has 132 valence electrons. The molecule has 0 radical (unpaired) electrons. The van der Waals surface area contributed by atoms with Crippen LogP contribution in [0, 0.1) is 0 Å². The molecule has 1 aromatic rings. The van der Waals surface area contributed by atoms with E-state index in [1.807, 2.05) is 18.2 Å². The van der Waals surface area contributed by atoms with Gasteiger partial charge in [-0.2, -0.15) is 0 Å². The Kier molecular flexibility index (Phi) is 6.43. The summed E-state index contributed by atoms with van der Waals surface area (Å²) in [5.41, 5.74) is 1.07. The SMILES string of the molecule is CNC(=O)NC(=O)CCN1CCC[C@@H]1c1cc(OC)ccc1OC. The van der Waals surface area contributed by atoms with E-state index in [-0.39, 0.29) is 18.4 Å². The molecule has 0 saturated carbocycles. The number of carbonyl (C=O) groups excluding carboxylic acids is 2. The number of imide groups is 1. The number of benzene rings is 1. The van der Waals surface area contributed by atoms with Gasteiger partial charge in [0.15, 0.2) is 0 Å². The first-order chi connectivity index (χ1) is 11.6. The molecule has 0 aliphatic carbocycles. The molecule has 1 saturated heterocycles. The largest absolute Gasteiger partial charge is 0.497 e. The number of nitrogens with zero attached hydrogens (tertiary/aromatic N) is 1. The lowest BCUT2D eigenvalue weighted by atomic mass is 10.0. The summed E-state index contributed by atoms with van der Waals surface area (Å²) in [5, 5.41) is 4.66. The standard InChI is InChI=1S/C17H25N3O4/c1-18-17(22)19-16(21)8-10-20-9-4-5-14(20)13-11-12(23-2)6-7-15(13)24-3/h6-7,11,14H,4-5,8-10H2,1-3H3,(H2,18,19,21,22)/t14-/m1/s1. The lowest BCUT2D eigenvalue weighted by Crippen LogP contribution is -2.39. The van der Waals surface area contributed by atoms with Crippen molar-refractivity contribution in [3.8, 4) is 11.5 Å². The van der Waals surface area contributed by atoms with Gasteiger partial charge in [-0.25, -0.2) is 4.79 Å². The number of carbonyl (C=O) groups is 2. The second kappa shape index (κ2) is 8.54. The van der Waals surface area contributed by atoms with Crippen LogP contribution in [0.15, 0.2) is 18.2 Å². The molecule has 24 heavy (non-hydrogen) atoms. The summed E-state index contributed by atoms with van der Waals surface area (Å²) in [6.07, 6.45) is 2.33. The average Bonchev–Trinajstić information content (AvgIpc) is 3.07. The van der Waals surface area contributed by atoms with Crippen molar-refractivity contribution in [3.63, 3.8) is 0 Å². The van der Waals surface area contributed by atoms with Gasteiger partial charge in [-0.3, -0.25) is 15.0 Å². The summed E-state index contributed by atoms with van der Waals surface area (Å²) in [4.78, 5) is 25.2. The van der Waals surface area contributed by atoms with E-state index in [4.69, 9.17) is 9.47 Å². The van der Waals surface area contributed by atoms with E-state index in [0.29, 0.717) is 6.54 Å². The fourth-order valence-corrected chi connectivity index (χ4v) is 3.04. The molecular weight excluding hydrogens is 310 g/mol. The molecule has 0 bridgehead atoms. The molecule has 1 aliphatic heterocycles. The number of hydrogen-bond donors (Lipinski definition) is 2. The summed E-state index contributed by atoms with van der Waals surface area (Å²) in [5.74, 6) is 1.33. The second-order valence-corrected chi connectivity index (χ2v) is 5.68. The quantitative estimate of drug-likeness (QED) is 0.827. The van der Waals surface area contributed by atoms with E-state index < -0.39 is 6.03 Å². The van der Waals surface area contributed by atoms with Crippen molar-refractivity contribution in [3.05, 3.63) is 23.8 Å². The van der Waals surface area contributed by atoms with E-state index >= 15 is 0 Å². The van der Waals surface area contributed by atoms with Crippen molar-refractivity contribution in [2.24, 2.45) is 0 Å². The average molecular weight is 335 g/mol. The Morgan fingerprint density at radius 1 is 1.29 bits per heavy atom. The monoisotopic (exact) mass is 335 g/mol. The Hall–Kier alpha value is -2.28. The maximum absolute atomic E-state index is 11.8. The van der Waals surface area contributed by atoms with Crippen molar-refractivity contribution < 1.29 is 19.1 Å². The van der Waals surface area contributed by atoms with E-state index in [1.165, 1.54) is 7.05 Å². The number of urea groups is 1. The van der Waals surface area contributed by atoms with Crippen molar-refractivity contribution in [1.29, 1.82) is 0 Å². The number of nitrogens with one attached hydrogen (secondary N) is 2. The first-order valence-corrected chi connectivity index (χ1v) is 8.06. The highest BCUT2D eigenvalue weighted by atomic mass is 16.5. The predicted molar refractivity (Wildman–Crippen MR) is 90.3 cm³/mol. The Labute approximate surface area is 142 Å². The summed E-state index contributed by atoms with van der Waals surface area (Å²) in [6, 6.07) is 5.48. The van der Waals surface area contributed by atoms with Crippen molar-refractivity contribution in [2.45, 2.75) is 25.3 Å². The number of ether oxygens (including phenoxy) is 2. The first kappa shape index (κ1) is 18.1. The molecular formula is C17H25N3O4. The van der Waals surface area contributed by atoms with Crippen LogP contribution in [0.5, 0.6) is 11.5 Å². The van der Waals surface area contributed by atoms with Crippen LogP contribution in [0.4, 0.5) is 4.79 Å². The van der Waals surface area contributed by atoms with Gasteiger partial charge in [-0.05, 0) is 37.6 Å². The highest BCUT2D eigenvalue weighted by Crippen LogP contribution is 2.38. The molecule has 1 aliphatic rings. The van der Waals surface area contributed by atoms with Crippen LogP contribution in [0.3, 0.4) is 0 Å². The van der Waals surface area contributed by atoms with Gasteiger partial charge in [0.1, 0.15) is 11.5 Å². The van der Waals surface area contributed by atoms with Crippen LogP contribution in [0.1, 0.15) is 30.9 Å². The minimum Gasteiger partial charge on any atom is -0.497 e. The number of hydrogen-bond acceptors (Lipinski definition) is 5. The number of likely N-dealkylation sites (tertiary alicyclic amines) is 1. The fourth-order valence-electron chi connectivity index (χ4n) is 3.04. The normalized spacial score (nSPS) is 17.4. The van der Waals surface area contributed by atoms with Crippen LogP contribution >= 0.6 is 0 Å². The third kappa shape index (κ3) is 4.38. The maximum atomic E-state index is 11.8. The predicted octanol–water partition coefficient (Wildman–Crippen LogP) is 1.69. The zero-order valence-corrected chi connectivity index (χ0v) is 14.4. The second-order valence-electron chi connectivity index (χ2n) is 5.68. The highest BCUT2D eigenvalue weighted by Gasteiger charge is 2.29. The third-order valence-corrected chi connectivity index (χ3v) is 4.27. The van der Waals surface area contributed by atoms with Gasteiger partial charge in [0.2, 0.25) is 5.91 Å². The van der Waals surface area contributed by atoms with E-state index in [2.05, 4.69) is 15.5 Å². The smallest absolute Gasteiger partial charge is 0.321 e.